The van der Waals surface area contributed by atoms with Crippen molar-refractivity contribution in [3.8, 4) is 0 Å². The number of hydrogen-bond donors (Lipinski definition) is 7. The van der Waals surface area contributed by atoms with Gasteiger partial charge in [-0.1, -0.05) is 0 Å². The zero-order valence-electron chi connectivity index (χ0n) is 40.4. The van der Waals surface area contributed by atoms with E-state index in [2.05, 4.69) is 31.9 Å². The van der Waals surface area contributed by atoms with Gasteiger partial charge in [0, 0.05) is 65.3 Å². The van der Waals surface area contributed by atoms with Crippen LogP contribution in [0.3, 0.4) is 0 Å². The number of carbonyl (C=O) groups excluding carboxylic acids is 6. The van der Waals surface area contributed by atoms with Crippen LogP contribution in [0.15, 0.2) is 0 Å². The van der Waals surface area contributed by atoms with Crippen molar-refractivity contribution in [3.05, 3.63) is 0 Å². The van der Waals surface area contributed by atoms with Gasteiger partial charge in [0.2, 0.25) is 23.6 Å². The van der Waals surface area contributed by atoms with Crippen molar-refractivity contribution in [1.82, 2.24) is 36.8 Å². The molecule has 0 aliphatic carbocycles. The molecule has 0 radical (unpaired) electrons. The van der Waals surface area contributed by atoms with Crippen LogP contribution in [0.1, 0.15) is 54.4 Å². The number of rotatable bonds is 42. The first kappa shape index (κ1) is 62.0. The zero-order chi connectivity index (χ0) is 49.2. The van der Waals surface area contributed by atoms with Crippen molar-refractivity contribution in [2.24, 2.45) is 5.73 Å². The molecule has 0 spiro atoms. The molecule has 0 aromatic rings. The van der Waals surface area contributed by atoms with E-state index in [4.69, 9.17) is 53.1 Å². The van der Waals surface area contributed by atoms with Gasteiger partial charge in [-0.15, -0.1) is 0 Å². The van der Waals surface area contributed by atoms with Gasteiger partial charge >= 0.3 is 12.2 Å². The highest BCUT2D eigenvalue weighted by atomic mass is 16.6. The molecule has 386 valence electrons. The van der Waals surface area contributed by atoms with Crippen molar-refractivity contribution in [3.63, 3.8) is 0 Å². The van der Waals surface area contributed by atoms with Gasteiger partial charge in [0.05, 0.1) is 99.0 Å². The smallest absolute Gasteiger partial charge is 0.407 e. The summed E-state index contributed by atoms with van der Waals surface area (Å²) in [5, 5.41) is 16.3. The van der Waals surface area contributed by atoms with Crippen LogP contribution >= 0.6 is 0 Å². The number of nitrogens with one attached hydrogen (secondary N) is 6. The van der Waals surface area contributed by atoms with E-state index in [0.29, 0.717) is 85.4 Å². The summed E-state index contributed by atoms with van der Waals surface area (Å²) < 4.78 is 53.3. The molecule has 0 atom stereocenters. The van der Waals surface area contributed by atoms with E-state index in [9.17, 15) is 28.8 Å². The van der Waals surface area contributed by atoms with Gasteiger partial charge in [-0.05, 0) is 48.0 Å². The van der Waals surface area contributed by atoms with Crippen molar-refractivity contribution >= 4 is 35.8 Å². The number of alkyl carbamates (subject to hydrolysis) is 2. The van der Waals surface area contributed by atoms with E-state index >= 15 is 0 Å². The molecule has 66 heavy (non-hydrogen) atoms. The average Bonchev–Trinajstić information content (AvgIpc) is 3.22. The van der Waals surface area contributed by atoms with Crippen molar-refractivity contribution < 1.29 is 76.1 Å². The van der Waals surface area contributed by atoms with Gasteiger partial charge in [-0.25, -0.2) is 9.59 Å². The van der Waals surface area contributed by atoms with Crippen LogP contribution in [0.2, 0.25) is 0 Å². The number of nitrogens with two attached hydrogens (primary N) is 1. The van der Waals surface area contributed by atoms with Crippen LogP contribution in [-0.2, 0) is 66.5 Å². The van der Waals surface area contributed by atoms with E-state index in [1.807, 2.05) is 0 Å². The Morgan fingerprint density at radius 1 is 0.409 bits per heavy atom. The van der Waals surface area contributed by atoms with Gasteiger partial charge < -0.3 is 85.0 Å². The number of amides is 6. The summed E-state index contributed by atoms with van der Waals surface area (Å²) >= 11 is 0. The minimum absolute atomic E-state index is 0.0103. The lowest BCUT2D eigenvalue weighted by Gasteiger charge is -2.22. The summed E-state index contributed by atoms with van der Waals surface area (Å²) in [6.45, 7) is 17.5. The molecule has 0 aromatic heterocycles. The highest BCUT2D eigenvalue weighted by Crippen LogP contribution is 2.07. The number of hydrogen-bond acceptors (Lipinski definition) is 18. The Kier molecular flexibility index (Phi) is 38.7. The lowest BCUT2D eigenvalue weighted by molar-refractivity contribution is -0.126. The summed E-state index contributed by atoms with van der Waals surface area (Å²) in [7, 11) is 0. The first-order valence-electron chi connectivity index (χ1n) is 22.6. The largest absolute Gasteiger partial charge is 0.444 e. The van der Waals surface area contributed by atoms with Crippen LogP contribution in [-0.4, -0.2) is 223 Å². The molecule has 24 nitrogen and oxygen atoms in total. The van der Waals surface area contributed by atoms with Crippen molar-refractivity contribution in [2.75, 3.05) is 171 Å². The predicted molar refractivity (Wildman–Crippen MR) is 242 cm³/mol. The molecular weight excluding hydrogens is 873 g/mol. The minimum atomic E-state index is -0.595. The predicted octanol–water partition coefficient (Wildman–Crippen LogP) is -1.33. The maximum absolute atomic E-state index is 12.8. The van der Waals surface area contributed by atoms with E-state index in [1.54, 1.807) is 46.4 Å². The lowest BCUT2D eigenvalue weighted by atomic mass is 10.2. The Bertz CT molecular complexity index is 1230. The lowest BCUT2D eigenvalue weighted by Crippen LogP contribution is -2.45. The standard InChI is InChI=1S/C42H82N8O16/c1-41(2,3)65-39(55)48-14-20-59-28-30-63-33-37(53)46-12-16-50(17-13-47-38(54)34-64-31-29-60-21-15-49-40(56)66-42(4,5)6)32-36(52)45-11-7-10-44-35(51)8-18-57-22-24-61-26-27-62-25-23-58-19-9-43/h7-34,43H2,1-6H3,(H,44,51)(H,45,52)(H,46,53)(H,47,54)(H,48,55)(H,49,56). The first-order chi connectivity index (χ1) is 31.5. The van der Waals surface area contributed by atoms with Crippen LogP contribution in [0.5, 0.6) is 0 Å². The number of carbonyl (C=O) groups is 6. The zero-order valence-corrected chi connectivity index (χ0v) is 40.4. The molecule has 8 N–H and O–H groups in total. The molecule has 24 heteroatoms. The molecule has 0 saturated heterocycles. The fourth-order valence-corrected chi connectivity index (χ4v) is 4.83. The summed E-state index contributed by atoms with van der Waals surface area (Å²) in [5.74, 6) is -1.16. The van der Waals surface area contributed by atoms with Crippen molar-refractivity contribution in [2.45, 2.75) is 65.6 Å². The first-order valence-corrected chi connectivity index (χ1v) is 22.6. The number of nitrogens with zero attached hydrogens (tertiary/aromatic N) is 1. The van der Waals surface area contributed by atoms with Gasteiger partial charge in [0.15, 0.2) is 0 Å². The Morgan fingerprint density at radius 2 is 0.773 bits per heavy atom. The number of ether oxygens (including phenoxy) is 10. The van der Waals surface area contributed by atoms with E-state index < -0.39 is 23.4 Å². The molecule has 0 rings (SSSR count). The molecule has 0 saturated carbocycles. The highest BCUT2D eigenvalue weighted by Gasteiger charge is 2.17. The van der Waals surface area contributed by atoms with E-state index in [-0.39, 0.29) is 122 Å². The minimum Gasteiger partial charge on any atom is -0.444 e. The maximum Gasteiger partial charge on any atom is 0.407 e. The third kappa shape index (κ3) is 46.5. The fourth-order valence-electron chi connectivity index (χ4n) is 4.83. The Morgan fingerprint density at radius 3 is 1.20 bits per heavy atom. The second-order valence-corrected chi connectivity index (χ2v) is 16.2. The second kappa shape index (κ2) is 41.2. The molecule has 0 aliphatic rings. The van der Waals surface area contributed by atoms with E-state index in [1.165, 1.54) is 0 Å². The van der Waals surface area contributed by atoms with Gasteiger partial charge in [-0.2, -0.15) is 0 Å². The Hall–Kier alpha value is -3.98. The average molecular weight is 955 g/mol. The molecular formula is C42H82N8O16. The third-order valence-electron chi connectivity index (χ3n) is 7.76. The molecule has 0 aliphatic heterocycles. The Labute approximate surface area is 390 Å². The molecule has 0 aromatic carbocycles. The molecule has 0 heterocycles. The molecule has 0 bridgehead atoms. The van der Waals surface area contributed by atoms with Gasteiger partial charge in [0.25, 0.3) is 0 Å². The topological polar surface area (TPSA) is 296 Å². The van der Waals surface area contributed by atoms with Crippen LogP contribution in [0.4, 0.5) is 9.59 Å². The van der Waals surface area contributed by atoms with E-state index in [0.717, 1.165) is 0 Å². The molecule has 0 unspecified atom stereocenters. The van der Waals surface area contributed by atoms with Crippen LogP contribution < -0.4 is 37.6 Å². The Balaban J connectivity index is 4.46. The second-order valence-electron chi connectivity index (χ2n) is 16.2. The molecule has 0 fully saturated rings. The van der Waals surface area contributed by atoms with Gasteiger partial charge in [-0.3, -0.25) is 24.1 Å². The monoisotopic (exact) mass is 955 g/mol. The SMILES string of the molecule is CC(C)(C)OC(=O)NCCOCCOCC(=O)NCCN(CCNC(=O)COCCOCCNC(=O)OC(C)(C)C)CC(=O)NCCCNC(=O)CCOCCOCCOCCOCCN. The van der Waals surface area contributed by atoms with Crippen LogP contribution in [0.25, 0.3) is 0 Å². The quantitative estimate of drug-likeness (QED) is 0.0349. The summed E-state index contributed by atoms with van der Waals surface area (Å²) in [6, 6.07) is 0. The molecule has 6 amide bonds. The van der Waals surface area contributed by atoms with Gasteiger partial charge in [0.1, 0.15) is 24.4 Å². The summed E-state index contributed by atoms with van der Waals surface area (Å²) in [5.41, 5.74) is 4.16. The van der Waals surface area contributed by atoms with Crippen molar-refractivity contribution in [1.29, 1.82) is 0 Å². The third-order valence-corrected chi connectivity index (χ3v) is 7.76. The highest BCUT2D eigenvalue weighted by molar-refractivity contribution is 5.79. The summed E-state index contributed by atoms with van der Waals surface area (Å²) in [4.78, 5) is 74.9. The fraction of sp³-hybridized carbons (Fsp3) is 0.857. The maximum atomic E-state index is 12.8. The van der Waals surface area contributed by atoms with Crippen LogP contribution in [0, 0.1) is 0 Å². The normalized spacial score (nSPS) is 11.5. The summed E-state index contributed by atoms with van der Waals surface area (Å²) in [6.07, 6.45) is -0.382.